The SMILES string of the molecule is O=C(Nc1nccs1)C(c1ccccc1)N1Cc2cc(-c3ccccc3F)ccc2C1=O. The lowest BCUT2D eigenvalue weighted by molar-refractivity contribution is -0.120. The second-order valence-electron chi connectivity index (χ2n) is 7.42. The molecule has 1 aliphatic heterocycles. The Balaban J connectivity index is 1.50. The van der Waals surface area contributed by atoms with Crippen LogP contribution in [-0.2, 0) is 11.3 Å². The Bertz CT molecular complexity index is 1290. The number of fused-ring (bicyclic) bond motifs is 1. The van der Waals surface area contributed by atoms with E-state index < -0.39 is 6.04 Å². The Morgan fingerprint density at radius 3 is 2.56 bits per heavy atom. The van der Waals surface area contributed by atoms with E-state index in [0.29, 0.717) is 27.4 Å². The molecule has 0 fully saturated rings. The van der Waals surface area contributed by atoms with Gasteiger partial charge in [-0.2, -0.15) is 0 Å². The number of benzene rings is 3. The maximum atomic E-state index is 14.3. The van der Waals surface area contributed by atoms with Crippen LogP contribution in [0.3, 0.4) is 0 Å². The molecule has 1 unspecified atom stereocenters. The van der Waals surface area contributed by atoms with E-state index in [1.807, 2.05) is 36.4 Å². The first kappa shape index (κ1) is 20.1. The van der Waals surface area contributed by atoms with Crippen LogP contribution in [0.25, 0.3) is 11.1 Å². The predicted octanol–water partition coefficient (Wildman–Crippen LogP) is 5.29. The molecule has 7 heteroatoms. The summed E-state index contributed by atoms with van der Waals surface area (Å²) in [6, 6.07) is 20.2. The van der Waals surface area contributed by atoms with Gasteiger partial charge in [0.25, 0.3) is 11.8 Å². The summed E-state index contributed by atoms with van der Waals surface area (Å²) in [5.74, 6) is -0.886. The third kappa shape index (κ3) is 3.67. The highest BCUT2D eigenvalue weighted by Crippen LogP contribution is 2.35. The number of amides is 2. The molecule has 0 bridgehead atoms. The van der Waals surface area contributed by atoms with Crippen molar-refractivity contribution in [2.24, 2.45) is 0 Å². The second-order valence-corrected chi connectivity index (χ2v) is 8.32. The molecule has 2 heterocycles. The van der Waals surface area contributed by atoms with Crippen LogP contribution < -0.4 is 5.32 Å². The number of rotatable bonds is 5. The zero-order chi connectivity index (χ0) is 22.1. The minimum absolute atomic E-state index is 0.233. The topological polar surface area (TPSA) is 62.3 Å². The molecule has 32 heavy (non-hydrogen) atoms. The summed E-state index contributed by atoms with van der Waals surface area (Å²) in [6.07, 6.45) is 1.61. The van der Waals surface area contributed by atoms with Crippen LogP contribution in [0.5, 0.6) is 0 Å². The van der Waals surface area contributed by atoms with Gasteiger partial charge in [-0.25, -0.2) is 9.37 Å². The maximum Gasteiger partial charge on any atom is 0.255 e. The summed E-state index contributed by atoms with van der Waals surface area (Å²) in [6.45, 7) is 0.251. The van der Waals surface area contributed by atoms with Gasteiger partial charge >= 0.3 is 0 Å². The lowest BCUT2D eigenvalue weighted by atomic mass is 10.00. The molecular weight excluding hydrogens is 425 g/mol. The van der Waals surface area contributed by atoms with E-state index in [2.05, 4.69) is 10.3 Å². The number of nitrogens with one attached hydrogen (secondary N) is 1. The molecule has 0 aliphatic carbocycles. The van der Waals surface area contributed by atoms with Crippen molar-refractivity contribution in [3.05, 3.63) is 107 Å². The molecule has 1 atom stereocenters. The molecule has 0 spiro atoms. The Kier molecular flexibility index (Phi) is 5.25. The molecule has 1 aromatic heterocycles. The number of hydrogen-bond acceptors (Lipinski definition) is 4. The van der Waals surface area contributed by atoms with Crippen molar-refractivity contribution in [1.29, 1.82) is 0 Å². The monoisotopic (exact) mass is 443 g/mol. The molecule has 5 rings (SSSR count). The number of nitrogens with zero attached hydrogens (tertiary/aromatic N) is 2. The zero-order valence-electron chi connectivity index (χ0n) is 16.9. The van der Waals surface area contributed by atoms with Crippen molar-refractivity contribution in [2.75, 3.05) is 5.32 Å². The fourth-order valence-electron chi connectivity index (χ4n) is 3.98. The van der Waals surface area contributed by atoms with Crippen LogP contribution in [0, 0.1) is 5.82 Å². The van der Waals surface area contributed by atoms with Crippen LogP contribution in [0.1, 0.15) is 27.5 Å². The van der Waals surface area contributed by atoms with Gasteiger partial charge in [0.1, 0.15) is 11.9 Å². The molecule has 3 aromatic carbocycles. The number of hydrogen-bond donors (Lipinski definition) is 1. The number of anilines is 1. The molecule has 1 aliphatic rings. The van der Waals surface area contributed by atoms with Crippen LogP contribution in [0.15, 0.2) is 84.4 Å². The molecule has 0 saturated carbocycles. The maximum absolute atomic E-state index is 14.3. The zero-order valence-corrected chi connectivity index (χ0v) is 17.7. The van der Waals surface area contributed by atoms with E-state index >= 15 is 0 Å². The summed E-state index contributed by atoms with van der Waals surface area (Å²) in [5, 5.41) is 5.06. The highest BCUT2D eigenvalue weighted by atomic mass is 32.1. The summed E-state index contributed by atoms with van der Waals surface area (Å²) in [4.78, 5) is 32.2. The van der Waals surface area contributed by atoms with Gasteiger partial charge in [0.05, 0.1) is 0 Å². The van der Waals surface area contributed by atoms with Gasteiger partial charge in [0.2, 0.25) is 0 Å². The van der Waals surface area contributed by atoms with E-state index in [9.17, 15) is 14.0 Å². The van der Waals surface area contributed by atoms with Crippen LogP contribution >= 0.6 is 11.3 Å². The molecule has 5 nitrogen and oxygen atoms in total. The molecule has 2 amide bonds. The molecule has 0 radical (unpaired) electrons. The third-order valence-corrected chi connectivity index (χ3v) is 6.15. The predicted molar refractivity (Wildman–Crippen MR) is 122 cm³/mol. The number of carbonyl (C=O) groups excluding carboxylic acids is 2. The van der Waals surface area contributed by atoms with Crippen molar-refractivity contribution in [3.63, 3.8) is 0 Å². The van der Waals surface area contributed by atoms with E-state index in [1.54, 1.807) is 46.8 Å². The molecule has 158 valence electrons. The first-order valence-electron chi connectivity index (χ1n) is 10.1. The number of carbonyl (C=O) groups is 2. The number of halogens is 1. The molecule has 0 saturated heterocycles. The number of aromatic nitrogens is 1. The standard InChI is InChI=1S/C25H18FN3O2S/c26-21-9-5-4-8-19(21)17-10-11-20-18(14-17)15-29(24(20)31)22(16-6-2-1-3-7-16)23(30)28-25-27-12-13-32-25/h1-14,22H,15H2,(H,27,28,30). The molecule has 4 aromatic rings. The van der Waals surface area contributed by atoms with Gasteiger partial charge in [-0.1, -0.05) is 54.6 Å². The van der Waals surface area contributed by atoms with Crippen LogP contribution in [0.4, 0.5) is 9.52 Å². The van der Waals surface area contributed by atoms with Gasteiger partial charge in [-0.05, 0) is 34.9 Å². The molecular formula is C25H18FN3O2S. The van der Waals surface area contributed by atoms with Crippen molar-refractivity contribution in [1.82, 2.24) is 9.88 Å². The highest BCUT2D eigenvalue weighted by molar-refractivity contribution is 7.13. The van der Waals surface area contributed by atoms with E-state index in [0.717, 1.165) is 5.56 Å². The lowest BCUT2D eigenvalue weighted by Gasteiger charge is -2.27. The van der Waals surface area contributed by atoms with E-state index in [4.69, 9.17) is 0 Å². The average molecular weight is 444 g/mol. The Hall–Kier alpha value is -3.84. The van der Waals surface area contributed by atoms with Crippen molar-refractivity contribution < 1.29 is 14.0 Å². The quantitative estimate of drug-likeness (QED) is 0.456. The first-order valence-corrected chi connectivity index (χ1v) is 10.9. The lowest BCUT2D eigenvalue weighted by Crippen LogP contribution is -2.37. The largest absolute Gasteiger partial charge is 0.318 e. The van der Waals surface area contributed by atoms with Crippen LogP contribution in [0.2, 0.25) is 0 Å². The fourth-order valence-corrected chi connectivity index (χ4v) is 4.51. The van der Waals surface area contributed by atoms with Gasteiger partial charge in [-0.15, -0.1) is 11.3 Å². The summed E-state index contributed by atoms with van der Waals surface area (Å²) in [5.41, 5.74) is 3.16. The van der Waals surface area contributed by atoms with Gasteiger partial charge in [0, 0.05) is 29.2 Å². The normalized spacial score (nSPS) is 13.7. The fraction of sp³-hybridized carbons (Fsp3) is 0.0800. The minimum atomic E-state index is -0.822. The second kappa shape index (κ2) is 8.36. The Morgan fingerprint density at radius 2 is 1.81 bits per heavy atom. The van der Waals surface area contributed by atoms with E-state index in [-0.39, 0.29) is 24.2 Å². The number of thiazole rings is 1. The van der Waals surface area contributed by atoms with E-state index in [1.165, 1.54) is 17.4 Å². The highest BCUT2D eigenvalue weighted by Gasteiger charge is 2.37. The third-order valence-electron chi connectivity index (χ3n) is 5.46. The van der Waals surface area contributed by atoms with Gasteiger partial charge in [0.15, 0.2) is 5.13 Å². The summed E-state index contributed by atoms with van der Waals surface area (Å²) in [7, 11) is 0. The summed E-state index contributed by atoms with van der Waals surface area (Å²) < 4.78 is 14.3. The first-order chi connectivity index (χ1) is 15.6. The van der Waals surface area contributed by atoms with Crippen molar-refractivity contribution in [2.45, 2.75) is 12.6 Å². The molecule has 1 N–H and O–H groups in total. The van der Waals surface area contributed by atoms with Crippen molar-refractivity contribution >= 4 is 28.3 Å². The smallest absolute Gasteiger partial charge is 0.255 e. The van der Waals surface area contributed by atoms with Crippen molar-refractivity contribution in [3.8, 4) is 11.1 Å². The van der Waals surface area contributed by atoms with Crippen LogP contribution in [-0.4, -0.2) is 21.7 Å². The van der Waals surface area contributed by atoms with Gasteiger partial charge in [-0.3, -0.25) is 14.9 Å². The van der Waals surface area contributed by atoms with Gasteiger partial charge < -0.3 is 4.90 Å². The average Bonchev–Trinajstić information content (AvgIpc) is 3.43. The Labute approximate surface area is 188 Å². The Morgan fingerprint density at radius 1 is 1.03 bits per heavy atom. The summed E-state index contributed by atoms with van der Waals surface area (Å²) >= 11 is 1.31. The minimum Gasteiger partial charge on any atom is -0.318 e.